The van der Waals surface area contributed by atoms with E-state index >= 15 is 0 Å². The summed E-state index contributed by atoms with van der Waals surface area (Å²) in [6, 6.07) is 2.75. The summed E-state index contributed by atoms with van der Waals surface area (Å²) in [5.41, 5.74) is 1.36. The fourth-order valence-electron chi connectivity index (χ4n) is 2.16. The van der Waals surface area contributed by atoms with Crippen molar-refractivity contribution < 1.29 is 0 Å². The van der Waals surface area contributed by atoms with E-state index in [9.17, 15) is 0 Å². The monoisotopic (exact) mass is 237 g/mol. The number of rotatable bonds is 7. The molecule has 0 aliphatic carbocycles. The van der Waals surface area contributed by atoms with Crippen LogP contribution >= 0.6 is 0 Å². The number of hydrogen-bond donors (Lipinski definition) is 1. The van der Waals surface area contributed by atoms with Gasteiger partial charge in [-0.15, -0.1) is 0 Å². The highest BCUT2D eigenvalue weighted by Gasteiger charge is 2.11. The second kappa shape index (κ2) is 6.82. The summed E-state index contributed by atoms with van der Waals surface area (Å²) >= 11 is 0. The van der Waals surface area contributed by atoms with Crippen molar-refractivity contribution in [1.29, 1.82) is 0 Å². The van der Waals surface area contributed by atoms with E-state index in [0.717, 1.165) is 19.0 Å². The van der Waals surface area contributed by atoms with Crippen LogP contribution in [-0.4, -0.2) is 36.1 Å². The molecule has 0 fully saturated rings. The van der Waals surface area contributed by atoms with Gasteiger partial charge in [-0.2, -0.15) is 0 Å². The van der Waals surface area contributed by atoms with Gasteiger partial charge in [0.25, 0.3) is 0 Å². The van der Waals surface area contributed by atoms with E-state index in [1.165, 1.54) is 12.0 Å². The van der Waals surface area contributed by atoms with E-state index in [1.807, 2.05) is 0 Å². The Morgan fingerprint density at radius 1 is 1.35 bits per heavy atom. The topological polar surface area (TPSA) is 20.2 Å². The number of aromatic nitrogens is 1. The molecule has 0 aromatic carbocycles. The highest BCUT2D eigenvalue weighted by atomic mass is 15.1. The summed E-state index contributed by atoms with van der Waals surface area (Å²) in [6.07, 6.45) is 5.50. The van der Waals surface area contributed by atoms with Crippen molar-refractivity contribution in [3.05, 3.63) is 24.0 Å². The molecule has 1 heterocycles. The Morgan fingerprint density at radius 3 is 2.53 bits per heavy atom. The lowest BCUT2D eigenvalue weighted by molar-refractivity contribution is 0.305. The number of nitrogens with one attached hydrogen (secondary N) is 1. The minimum Gasteiger partial charge on any atom is -0.357 e. The van der Waals surface area contributed by atoms with Crippen LogP contribution in [0.1, 0.15) is 25.8 Å². The smallest absolute Gasteiger partial charge is 0.0223 e. The van der Waals surface area contributed by atoms with Crippen LogP contribution in [0, 0.1) is 5.92 Å². The molecule has 0 radical (unpaired) electrons. The molecule has 1 aromatic rings. The molecule has 0 amide bonds. The Hall–Kier alpha value is -0.800. The molecule has 1 unspecified atom stereocenters. The van der Waals surface area contributed by atoms with Crippen molar-refractivity contribution in [2.45, 2.75) is 32.9 Å². The lowest BCUT2D eigenvalue weighted by Gasteiger charge is -2.23. The molecule has 1 N–H and O–H groups in total. The molecule has 17 heavy (non-hydrogen) atoms. The van der Waals surface area contributed by atoms with Gasteiger partial charge in [-0.05, 0) is 38.1 Å². The molecule has 0 spiro atoms. The Labute approximate surface area is 106 Å². The van der Waals surface area contributed by atoms with Crippen molar-refractivity contribution in [1.82, 2.24) is 14.8 Å². The van der Waals surface area contributed by atoms with Gasteiger partial charge in [-0.1, -0.05) is 13.8 Å². The number of likely N-dealkylation sites (N-methyl/N-ethyl adjacent to an activating group) is 1. The second-order valence-corrected chi connectivity index (χ2v) is 5.65. The maximum Gasteiger partial charge on any atom is 0.0223 e. The van der Waals surface area contributed by atoms with E-state index in [4.69, 9.17) is 0 Å². The van der Waals surface area contributed by atoms with Crippen LogP contribution in [0.5, 0.6) is 0 Å². The standard InChI is InChI=1S/C14H27N3/c1-12(2)8-14(11-16(3)4)15-9-13-6-7-17(5)10-13/h6-7,10,12,14-15H,8-9,11H2,1-5H3. The minimum atomic E-state index is 0.574. The van der Waals surface area contributed by atoms with Gasteiger partial charge < -0.3 is 14.8 Å². The van der Waals surface area contributed by atoms with Gasteiger partial charge in [0.1, 0.15) is 0 Å². The lowest BCUT2D eigenvalue weighted by atomic mass is 10.0. The summed E-state index contributed by atoms with van der Waals surface area (Å²) in [5.74, 6) is 0.739. The maximum atomic E-state index is 3.66. The van der Waals surface area contributed by atoms with E-state index in [-0.39, 0.29) is 0 Å². The molecule has 3 heteroatoms. The third-order valence-electron chi connectivity index (χ3n) is 2.83. The van der Waals surface area contributed by atoms with Crippen LogP contribution in [0.4, 0.5) is 0 Å². The minimum absolute atomic E-state index is 0.574. The predicted octanol–water partition coefficient (Wildman–Crippen LogP) is 2.09. The van der Waals surface area contributed by atoms with Crippen molar-refractivity contribution in [2.75, 3.05) is 20.6 Å². The zero-order chi connectivity index (χ0) is 12.8. The second-order valence-electron chi connectivity index (χ2n) is 5.65. The SMILES string of the molecule is CC(C)CC(CN(C)C)NCc1ccn(C)c1. The summed E-state index contributed by atoms with van der Waals surface area (Å²) in [6.45, 7) is 6.64. The third-order valence-corrected chi connectivity index (χ3v) is 2.83. The molecule has 1 rings (SSSR count). The molecule has 98 valence electrons. The average molecular weight is 237 g/mol. The first kappa shape index (κ1) is 14.3. The number of hydrogen-bond acceptors (Lipinski definition) is 2. The van der Waals surface area contributed by atoms with Gasteiger partial charge in [0.05, 0.1) is 0 Å². The van der Waals surface area contributed by atoms with Crippen LogP contribution < -0.4 is 5.32 Å². The first-order valence-electron chi connectivity index (χ1n) is 6.46. The third kappa shape index (κ3) is 5.89. The van der Waals surface area contributed by atoms with E-state index < -0.39 is 0 Å². The van der Waals surface area contributed by atoms with E-state index in [1.54, 1.807) is 0 Å². The van der Waals surface area contributed by atoms with Crippen molar-refractivity contribution >= 4 is 0 Å². The summed E-state index contributed by atoms with van der Waals surface area (Å²) in [5, 5.41) is 3.66. The highest BCUT2D eigenvalue weighted by molar-refractivity contribution is 5.09. The fraction of sp³-hybridized carbons (Fsp3) is 0.714. The number of nitrogens with zero attached hydrogens (tertiary/aromatic N) is 2. The lowest BCUT2D eigenvalue weighted by Crippen LogP contribution is -2.38. The Kier molecular flexibility index (Phi) is 5.72. The van der Waals surface area contributed by atoms with Crippen LogP contribution in [0.3, 0.4) is 0 Å². The Balaban J connectivity index is 2.42. The molecule has 1 atom stereocenters. The van der Waals surface area contributed by atoms with E-state index in [2.05, 4.69) is 68.2 Å². The molecule has 0 bridgehead atoms. The zero-order valence-electron chi connectivity index (χ0n) is 11.9. The van der Waals surface area contributed by atoms with Gasteiger partial charge in [0.15, 0.2) is 0 Å². The molecule has 1 aromatic heterocycles. The molecular formula is C14H27N3. The van der Waals surface area contributed by atoms with Gasteiger partial charge >= 0.3 is 0 Å². The predicted molar refractivity (Wildman–Crippen MR) is 74.0 cm³/mol. The molecule has 0 saturated carbocycles. The van der Waals surface area contributed by atoms with Crippen molar-refractivity contribution in [2.24, 2.45) is 13.0 Å². The molecule has 0 aliphatic heterocycles. The fourth-order valence-corrected chi connectivity index (χ4v) is 2.16. The first-order valence-corrected chi connectivity index (χ1v) is 6.46. The Bertz CT molecular complexity index is 305. The largest absolute Gasteiger partial charge is 0.357 e. The van der Waals surface area contributed by atoms with Gasteiger partial charge in [0, 0.05) is 38.6 Å². The normalized spacial score (nSPS) is 13.6. The van der Waals surface area contributed by atoms with Crippen molar-refractivity contribution in [3.8, 4) is 0 Å². The van der Waals surface area contributed by atoms with Crippen LogP contribution in [0.15, 0.2) is 18.5 Å². The summed E-state index contributed by atoms with van der Waals surface area (Å²) in [4.78, 5) is 2.26. The first-order chi connectivity index (χ1) is 7.97. The van der Waals surface area contributed by atoms with Crippen LogP contribution in [0.25, 0.3) is 0 Å². The Morgan fingerprint density at radius 2 is 2.06 bits per heavy atom. The summed E-state index contributed by atoms with van der Waals surface area (Å²) in [7, 11) is 6.34. The van der Waals surface area contributed by atoms with Gasteiger partial charge in [0.2, 0.25) is 0 Å². The van der Waals surface area contributed by atoms with Crippen LogP contribution in [-0.2, 0) is 13.6 Å². The van der Waals surface area contributed by atoms with E-state index in [0.29, 0.717) is 6.04 Å². The highest BCUT2D eigenvalue weighted by Crippen LogP contribution is 2.07. The quantitative estimate of drug-likeness (QED) is 0.783. The molecule has 0 aliphatic rings. The zero-order valence-corrected chi connectivity index (χ0v) is 11.9. The van der Waals surface area contributed by atoms with Crippen LogP contribution in [0.2, 0.25) is 0 Å². The molecular weight excluding hydrogens is 210 g/mol. The molecule has 0 saturated heterocycles. The van der Waals surface area contributed by atoms with Gasteiger partial charge in [-0.3, -0.25) is 0 Å². The maximum absolute atomic E-state index is 3.66. The van der Waals surface area contributed by atoms with Gasteiger partial charge in [-0.25, -0.2) is 0 Å². The summed E-state index contributed by atoms with van der Waals surface area (Å²) < 4.78 is 2.10. The number of aryl methyl sites for hydroxylation is 1. The average Bonchev–Trinajstić information content (AvgIpc) is 2.59. The molecule has 3 nitrogen and oxygen atoms in total. The van der Waals surface area contributed by atoms with Crippen molar-refractivity contribution in [3.63, 3.8) is 0 Å².